The number of rotatable bonds is 7. The number of aromatic nitrogens is 1. The Hall–Kier alpha value is -1.77. The van der Waals surface area contributed by atoms with Crippen molar-refractivity contribution >= 4 is 32.4 Å². The number of carbonyl (C=O) groups is 1. The summed E-state index contributed by atoms with van der Waals surface area (Å²) in [7, 11) is -3.63. The molecule has 0 spiro atoms. The van der Waals surface area contributed by atoms with Crippen LogP contribution in [0.25, 0.3) is 0 Å². The minimum atomic E-state index is -3.63. The summed E-state index contributed by atoms with van der Waals surface area (Å²) in [5, 5.41) is 3.30. The highest BCUT2D eigenvalue weighted by Gasteiger charge is 2.25. The van der Waals surface area contributed by atoms with Crippen molar-refractivity contribution in [2.75, 3.05) is 18.4 Å². The molecule has 1 aromatic carbocycles. The van der Waals surface area contributed by atoms with Crippen LogP contribution < -0.4 is 5.32 Å². The third-order valence-electron chi connectivity index (χ3n) is 4.22. The van der Waals surface area contributed by atoms with Crippen LogP contribution in [0.3, 0.4) is 0 Å². The van der Waals surface area contributed by atoms with Crippen molar-refractivity contribution in [1.82, 2.24) is 9.29 Å². The molecule has 1 N–H and O–H groups in total. The topological polar surface area (TPSA) is 79.4 Å². The fourth-order valence-electron chi connectivity index (χ4n) is 2.70. The summed E-state index contributed by atoms with van der Waals surface area (Å²) < 4.78 is 27.0. The molecule has 0 unspecified atom stereocenters. The van der Waals surface area contributed by atoms with Gasteiger partial charge < -0.3 is 0 Å². The summed E-state index contributed by atoms with van der Waals surface area (Å²) in [5.74, 6) is -0.364. The molecule has 26 heavy (non-hydrogen) atoms. The lowest BCUT2D eigenvalue weighted by Gasteiger charge is -2.20. The van der Waals surface area contributed by atoms with E-state index in [-0.39, 0.29) is 10.8 Å². The fourth-order valence-corrected chi connectivity index (χ4v) is 5.31. The number of hydrogen-bond donors (Lipinski definition) is 1. The molecule has 0 aliphatic rings. The quantitative estimate of drug-likeness (QED) is 0.777. The van der Waals surface area contributed by atoms with Crippen LogP contribution in [0.2, 0.25) is 0 Å². The second-order valence-corrected chi connectivity index (χ2v) is 9.01. The molecule has 1 aromatic heterocycles. The number of nitrogens with one attached hydrogen (secondary N) is 1. The largest absolute Gasteiger partial charge is 0.298 e. The molecule has 0 saturated carbocycles. The Morgan fingerprint density at radius 2 is 1.85 bits per heavy atom. The molecule has 0 saturated heterocycles. The second kappa shape index (κ2) is 8.28. The summed E-state index contributed by atoms with van der Waals surface area (Å²) >= 11 is 1.42. The first-order chi connectivity index (χ1) is 12.2. The van der Waals surface area contributed by atoms with E-state index in [1.165, 1.54) is 21.7 Å². The Kier molecular flexibility index (Phi) is 6.54. The zero-order valence-corrected chi connectivity index (χ0v) is 17.4. The number of aryl methyl sites for hydroxylation is 3. The monoisotopic (exact) mass is 395 g/mol. The van der Waals surface area contributed by atoms with Crippen molar-refractivity contribution in [1.29, 1.82) is 0 Å². The third-order valence-corrected chi connectivity index (χ3v) is 7.34. The molecular weight excluding hydrogens is 370 g/mol. The average molecular weight is 396 g/mol. The van der Waals surface area contributed by atoms with E-state index in [1.807, 2.05) is 13.8 Å². The Bertz CT molecular complexity index is 900. The maximum Gasteiger partial charge on any atom is 0.257 e. The molecule has 0 bridgehead atoms. The van der Waals surface area contributed by atoms with Crippen molar-refractivity contribution in [2.24, 2.45) is 0 Å². The van der Waals surface area contributed by atoms with Gasteiger partial charge in [-0.3, -0.25) is 10.1 Å². The van der Waals surface area contributed by atoms with Gasteiger partial charge in [-0.25, -0.2) is 13.4 Å². The zero-order chi connectivity index (χ0) is 19.5. The van der Waals surface area contributed by atoms with E-state index in [4.69, 9.17) is 0 Å². The lowest BCUT2D eigenvalue weighted by molar-refractivity contribution is 0.102. The molecule has 0 aliphatic carbocycles. The van der Waals surface area contributed by atoms with Crippen LogP contribution in [-0.4, -0.2) is 36.7 Å². The Balaban J connectivity index is 2.35. The minimum Gasteiger partial charge on any atom is -0.298 e. The summed E-state index contributed by atoms with van der Waals surface area (Å²) in [5.41, 5.74) is 1.87. The van der Waals surface area contributed by atoms with Crippen LogP contribution in [-0.2, 0) is 16.4 Å². The Labute approximate surface area is 159 Å². The summed E-state index contributed by atoms with van der Waals surface area (Å²) in [6, 6.07) is 4.74. The number of hydrogen-bond acceptors (Lipinski definition) is 5. The van der Waals surface area contributed by atoms with Crippen molar-refractivity contribution < 1.29 is 13.2 Å². The number of amides is 1. The standard InChI is InChI=1S/C18H25N3O3S2/c1-6-15-13(5)25-18(19-15)20-17(22)14-10-9-12(4)16(11-14)26(23,24)21(7-2)8-3/h9-11H,6-8H2,1-5H3,(H,19,20,22). The van der Waals surface area contributed by atoms with Gasteiger partial charge in [-0.1, -0.05) is 26.8 Å². The van der Waals surface area contributed by atoms with Gasteiger partial charge in [-0.2, -0.15) is 4.31 Å². The lowest BCUT2D eigenvalue weighted by Crippen LogP contribution is -2.31. The first-order valence-corrected chi connectivity index (χ1v) is 10.9. The molecule has 0 aliphatic heterocycles. The average Bonchev–Trinajstić information content (AvgIpc) is 2.95. The molecule has 0 radical (unpaired) electrons. The van der Waals surface area contributed by atoms with E-state index in [0.717, 1.165) is 17.0 Å². The van der Waals surface area contributed by atoms with E-state index < -0.39 is 10.0 Å². The van der Waals surface area contributed by atoms with E-state index in [1.54, 1.807) is 32.9 Å². The molecule has 0 atom stereocenters. The van der Waals surface area contributed by atoms with E-state index in [9.17, 15) is 13.2 Å². The van der Waals surface area contributed by atoms with Crippen LogP contribution >= 0.6 is 11.3 Å². The molecule has 8 heteroatoms. The molecule has 1 heterocycles. The van der Waals surface area contributed by atoms with Gasteiger partial charge in [0.2, 0.25) is 10.0 Å². The first-order valence-electron chi connectivity index (χ1n) is 8.62. The molecule has 6 nitrogen and oxygen atoms in total. The van der Waals surface area contributed by atoms with Crippen molar-refractivity contribution in [3.05, 3.63) is 39.9 Å². The van der Waals surface area contributed by atoms with Crippen molar-refractivity contribution in [2.45, 2.75) is 45.9 Å². The lowest BCUT2D eigenvalue weighted by atomic mass is 10.1. The number of benzene rings is 1. The van der Waals surface area contributed by atoms with Gasteiger partial charge >= 0.3 is 0 Å². The first kappa shape index (κ1) is 20.5. The van der Waals surface area contributed by atoms with E-state index >= 15 is 0 Å². The van der Waals surface area contributed by atoms with Gasteiger partial charge in [0.25, 0.3) is 5.91 Å². The zero-order valence-electron chi connectivity index (χ0n) is 15.8. The number of nitrogens with zero attached hydrogens (tertiary/aromatic N) is 2. The SMILES string of the molecule is CCc1nc(NC(=O)c2ccc(C)c(S(=O)(=O)N(CC)CC)c2)sc1C. The summed E-state index contributed by atoms with van der Waals surface area (Å²) in [6.45, 7) is 10.1. The molecule has 1 amide bonds. The fraction of sp³-hybridized carbons (Fsp3) is 0.444. The molecule has 2 rings (SSSR count). The smallest absolute Gasteiger partial charge is 0.257 e. The van der Waals surface area contributed by atoms with Gasteiger partial charge in [0.15, 0.2) is 5.13 Å². The Morgan fingerprint density at radius 1 is 1.19 bits per heavy atom. The molecular formula is C18H25N3O3S2. The minimum absolute atomic E-state index is 0.165. The van der Waals surface area contributed by atoms with Crippen LogP contribution in [0.4, 0.5) is 5.13 Å². The number of sulfonamides is 1. The molecule has 2 aromatic rings. The van der Waals surface area contributed by atoms with E-state index in [0.29, 0.717) is 29.3 Å². The van der Waals surface area contributed by atoms with Gasteiger partial charge in [0.05, 0.1) is 10.6 Å². The predicted molar refractivity (Wildman–Crippen MR) is 105 cm³/mol. The number of anilines is 1. The van der Waals surface area contributed by atoms with Crippen LogP contribution in [0, 0.1) is 13.8 Å². The number of thiazole rings is 1. The van der Waals surface area contributed by atoms with Gasteiger partial charge in [-0.15, -0.1) is 11.3 Å². The molecule has 142 valence electrons. The third kappa shape index (κ3) is 4.13. The highest BCUT2D eigenvalue weighted by molar-refractivity contribution is 7.89. The van der Waals surface area contributed by atoms with Crippen molar-refractivity contribution in [3.8, 4) is 0 Å². The van der Waals surface area contributed by atoms with Crippen molar-refractivity contribution in [3.63, 3.8) is 0 Å². The Morgan fingerprint density at radius 3 is 2.38 bits per heavy atom. The maximum absolute atomic E-state index is 12.8. The summed E-state index contributed by atoms with van der Waals surface area (Å²) in [4.78, 5) is 18.2. The van der Waals surface area contributed by atoms with Crippen LogP contribution in [0.1, 0.15) is 47.3 Å². The number of carbonyl (C=O) groups excluding carboxylic acids is 1. The van der Waals surface area contributed by atoms with Crippen LogP contribution in [0.5, 0.6) is 0 Å². The highest BCUT2D eigenvalue weighted by atomic mass is 32.2. The maximum atomic E-state index is 12.8. The highest BCUT2D eigenvalue weighted by Crippen LogP contribution is 2.25. The van der Waals surface area contributed by atoms with Gasteiger partial charge in [-0.05, 0) is 38.0 Å². The van der Waals surface area contributed by atoms with Crippen LogP contribution in [0.15, 0.2) is 23.1 Å². The normalized spacial score (nSPS) is 11.8. The van der Waals surface area contributed by atoms with Gasteiger partial charge in [0.1, 0.15) is 0 Å². The summed E-state index contributed by atoms with van der Waals surface area (Å²) in [6.07, 6.45) is 0.801. The molecule has 0 fully saturated rings. The van der Waals surface area contributed by atoms with E-state index in [2.05, 4.69) is 10.3 Å². The predicted octanol–water partition coefficient (Wildman–Crippen LogP) is 3.61. The van der Waals surface area contributed by atoms with Gasteiger partial charge in [0, 0.05) is 23.5 Å². The second-order valence-electron chi connectivity index (χ2n) is 5.90.